The molecule has 122 valence electrons. The van der Waals surface area contributed by atoms with Crippen molar-refractivity contribution < 1.29 is 27.2 Å². The average molecular weight is 330 g/mol. The molecular weight excluding hydrogens is 312 g/mol. The second-order valence-electron chi connectivity index (χ2n) is 4.94. The minimum atomic E-state index is -3.73. The van der Waals surface area contributed by atoms with Gasteiger partial charge in [0.05, 0.1) is 13.0 Å². The number of amides is 1. The molecule has 1 aromatic heterocycles. The number of likely N-dealkylation sites (tertiary alicyclic amines) is 1. The quantitative estimate of drug-likeness (QED) is 0.791. The maximum Gasteiger partial charge on any atom is 0.310 e. The molecule has 1 N–H and O–H groups in total. The van der Waals surface area contributed by atoms with Gasteiger partial charge >= 0.3 is 5.97 Å². The first-order chi connectivity index (χ1) is 10.4. The molecule has 1 amide bonds. The van der Waals surface area contributed by atoms with Crippen molar-refractivity contribution in [2.75, 3.05) is 27.2 Å². The molecule has 1 fully saturated rings. The number of esters is 1. The molecule has 9 heteroatoms. The van der Waals surface area contributed by atoms with Gasteiger partial charge in [0.15, 0.2) is 5.76 Å². The standard InChI is InChI=1S/C13H18N2O6S/c1-14-22(18,19)11-6-5-10(21-11)12(16)15-7-3-4-9(8-15)13(17)20-2/h5-6,9,14H,3-4,7-8H2,1-2H3. The monoisotopic (exact) mass is 330 g/mol. The first-order valence-electron chi connectivity index (χ1n) is 6.79. The van der Waals surface area contributed by atoms with Crippen LogP contribution in [0.1, 0.15) is 23.4 Å². The lowest BCUT2D eigenvalue weighted by molar-refractivity contribution is -0.146. The molecule has 0 aromatic carbocycles. The van der Waals surface area contributed by atoms with Gasteiger partial charge in [-0.05, 0) is 32.0 Å². The second-order valence-corrected chi connectivity index (χ2v) is 6.76. The highest BCUT2D eigenvalue weighted by molar-refractivity contribution is 7.89. The Morgan fingerprint density at radius 2 is 2.14 bits per heavy atom. The van der Waals surface area contributed by atoms with Crippen molar-refractivity contribution in [2.24, 2.45) is 5.92 Å². The number of sulfonamides is 1. The first kappa shape index (κ1) is 16.5. The third-order valence-electron chi connectivity index (χ3n) is 3.57. The lowest BCUT2D eigenvalue weighted by Crippen LogP contribution is -2.42. The summed E-state index contributed by atoms with van der Waals surface area (Å²) < 4.78 is 35.1. The summed E-state index contributed by atoms with van der Waals surface area (Å²) in [6.45, 7) is 0.724. The number of ether oxygens (including phenoxy) is 1. The Kier molecular flexibility index (Phi) is 4.87. The zero-order valence-electron chi connectivity index (χ0n) is 12.4. The number of carbonyl (C=O) groups excluding carboxylic acids is 2. The third-order valence-corrected chi connectivity index (χ3v) is 4.86. The highest BCUT2D eigenvalue weighted by Gasteiger charge is 2.31. The van der Waals surface area contributed by atoms with E-state index in [1.54, 1.807) is 0 Å². The first-order valence-corrected chi connectivity index (χ1v) is 8.28. The van der Waals surface area contributed by atoms with Gasteiger partial charge in [0.2, 0.25) is 5.09 Å². The van der Waals surface area contributed by atoms with E-state index in [1.165, 1.54) is 31.2 Å². The lowest BCUT2D eigenvalue weighted by Gasteiger charge is -2.30. The summed E-state index contributed by atoms with van der Waals surface area (Å²) in [4.78, 5) is 25.4. The largest absolute Gasteiger partial charge is 0.469 e. The van der Waals surface area contributed by atoms with Crippen molar-refractivity contribution >= 4 is 21.9 Å². The molecule has 0 bridgehead atoms. The van der Waals surface area contributed by atoms with Crippen molar-refractivity contribution in [1.29, 1.82) is 0 Å². The molecule has 1 aliphatic heterocycles. The van der Waals surface area contributed by atoms with Crippen molar-refractivity contribution in [3.05, 3.63) is 17.9 Å². The molecule has 1 unspecified atom stereocenters. The highest BCUT2D eigenvalue weighted by atomic mass is 32.2. The number of hydrogen-bond acceptors (Lipinski definition) is 6. The Labute approximate surface area is 128 Å². The van der Waals surface area contributed by atoms with Crippen LogP contribution >= 0.6 is 0 Å². The topological polar surface area (TPSA) is 106 Å². The van der Waals surface area contributed by atoms with E-state index in [0.717, 1.165) is 0 Å². The van der Waals surface area contributed by atoms with Gasteiger partial charge in [0.1, 0.15) is 0 Å². The van der Waals surface area contributed by atoms with E-state index in [2.05, 4.69) is 4.72 Å². The van der Waals surface area contributed by atoms with Gasteiger partial charge in [-0.15, -0.1) is 0 Å². The smallest absolute Gasteiger partial charge is 0.310 e. The number of methoxy groups -OCH3 is 1. The Hall–Kier alpha value is -1.87. The number of nitrogens with zero attached hydrogens (tertiary/aromatic N) is 1. The summed E-state index contributed by atoms with van der Waals surface area (Å²) in [5, 5.41) is -0.320. The van der Waals surface area contributed by atoms with Crippen molar-refractivity contribution in [2.45, 2.75) is 17.9 Å². The summed E-state index contributed by atoms with van der Waals surface area (Å²) in [5.41, 5.74) is 0. The molecule has 1 aliphatic rings. The molecule has 2 rings (SSSR count). The molecule has 0 aliphatic carbocycles. The fourth-order valence-corrected chi connectivity index (χ4v) is 3.00. The molecule has 0 radical (unpaired) electrons. The number of furan rings is 1. The minimum Gasteiger partial charge on any atom is -0.469 e. The van der Waals surface area contributed by atoms with Crippen molar-refractivity contribution in [3.8, 4) is 0 Å². The van der Waals surface area contributed by atoms with Crippen LogP contribution in [0, 0.1) is 5.92 Å². The van der Waals surface area contributed by atoms with Gasteiger partial charge in [-0.3, -0.25) is 9.59 Å². The Balaban J connectivity index is 2.13. The molecule has 8 nitrogen and oxygen atoms in total. The van der Waals surface area contributed by atoms with Crippen molar-refractivity contribution in [3.63, 3.8) is 0 Å². The van der Waals surface area contributed by atoms with Crippen LogP contribution in [-0.2, 0) is 19.6 Å². The number of carbonyl (C=O) groups is 2. The fraction of sp³-hybridized carbons (Fsp3) is 0.538. The molecule has 22 heavy (non-hydrogen) atoms. The molecule has 0 saturated carbocycles. The van der Waals surface area contributed by atoms with E-state index in [9.17, 15) is 18.0 Å². The van der Waals surface area contributed by atoms with Gasteiger partial charge in [-0.2, -0.15) is 0 Å². The van der Waals surface area contributed by atoms with Crippen LogP contribution in [0.4, 0.5) is 0 Å². The van der Waals surface area contributed by atoms with E-state index in [0.29, 0.717) is 19.4 Å². The van der Waals surface area contributed by atoms with Crippen LogP contribution in [0.15, 0.2) is 21.6 Å². The van der Waals surface area contributed by atoms with E-state index in [4.69, 9.17) is 9.15 Å². The van der Waals surface area contributed by atoms with Gasteiger partial charge < -0.3 is 14.1 Å². The summed E-state index contributed by atoms with van der Waals surface area (Å²) in [6, 6.07) is 2.54. The van der Waals surface area contributed by atoms with Gasteiger partial charge in [-0.1, -0.05) is 0 Å². The van der Waals surface area contributed by atoms with Gasteiger partial charge in [0.25, 0.3) is 15.9 Å². The predicted molar refractivity (Wildman–Crippen MR) is 75.6 cm³/mol. The van der Waals surface area contributed by atoms with E-state index in [1.807, 2.05) is 0 Å². The molecule has 0 spiro atoms. The minimum absolute atomic E-state index is 0.0701. The fourth-order valence-electron chi connectivity index (χ4n) is 2.36. The van der Waals surface area contributed by atoms with Crippen LogP contribution in [0.3, 0.4) is 0 Å². The Bertz CT molecular complexity index is 666. The van der Waals surface area contributed by atoms with Gasteiger partial charge in [-0.25, -0.2) is 13.1 Å². The zero-order chi connectivity index (χ0) is 16.3. The molecule has 2 heterocycles. The maximum absolute atomic E-state index is 12.3. The van der Waals surface area contributed by atoms with Crippen LogP contribution in [0.25, 0.3) is 0 Å². The van der Waals surface area contributed by atoms with Crippen LogP contribution in [-0.4, -0.2) is 52.4 Å². The van der Waals surface area contributed by atoms with Gasteiger partial charge in [0, 0.05) is 13.1 Å². The van der Waals surface area contributed by atoms with Crippen LogP contribution in [0.2, 0.25) is 0 Å². The zero-order valence-corrected chi connectivity index (χ0v) is 13.2. The SMILES string of the molecule is CNS(=O)(=O)c1ccc(C(=O)N2CCCC(C(=O)OC)C2)o1. The number of rotatable bonds is 4. The number of hydrogen-bond donors (Lipinski definition) is 1. The molecule has 1 aromatic rings. The predicted octanol–water partition coefficient (Wildman–Crippen LogP) is 0.213. The molecule has 1 saturated heterocycles. The van der Waals surface area contributed by atoms with Crippen molar-refractivity contribution in [1.82, 2.24) is 9.62 Å². The number of piperidine rings is 1. The van der Waals surface area contributed by atoms with E-state index >= 15 is 0 Å². The van der Waals surface area contributed by atoms with E-state index in [-0.39, 0.29) is 29.3 Å². The van der Waals surface area contributed by atoms with E-state index < -0.39 is 15.9 Å². The second kappa shape index (κ2) is 6.49. The Morgan fingerprint density at radius 3 is 2.77 bits per heavy atom. The molecular formula is C13H18N2O6S. The third kappa shape index (κ3) is 3.30. The summed E-state index contributed by atoms with van der Waals surface area (Å²) in [6.07, 6.45) is 1.34. The summed E-state index contributed by atoms with van der Waals surface area (Å²) >= 11 is 0. The average Bonchev–Trinajstić information content (AvgIpc) is 3.04. The number of nitrogens with one attached hydrogen (secondary N) is 1. The Morgan fingerprint density at radius 1 is 1.41 bits per heavy atom. The highest BCUT2D eigenvalue weighted by Crippen LogP contribution is 2.21. The molecule has 1 atom stereocenters. The van der Waals surface area contributed by atoms with Crippen LogP contribution in [0.5, 0.6) is 0 Å². The summed E-state index contributed by atoms with van der Waals surface area (Å²) in [5.74, 6) is -1.22. The summed E-state index contributed by atoms with van der Waals surface area (Å²) in [7, 11) is -1.17. The maximum atomic E-state index is 12.3. The lowest BCUT2D eigenvalue weighted by atomic mass is 9.98. The normalized spacial score (nSPS) is 19.0. The van der Waals surface area contributed by atoms with Crippen LogP contribution < -0.4 is 4.72 Å².